The third kappa shape index (κ3) is 1.47. The van der Waals surface area contributed by atoms with E-state index in [0.29, 0.717) is 0 Å². The Kier molecular flexibility index (Phi) is 2.11. The van der Waals surface area contributed by atoms with Gasteiger partial charge in [-0.2, -0.15) is 5.10 Å². The van der Waals surface area contributed by atoms with Gasteiger partial charge in [-0.3, -0.25) is 0 Å². The lowest BCUT2D eigenvalue weighted by atomic mass is 10.2. The van der Waals surface area contributed by atoms with Crippen molar-refractivity contribution in [2.45, 2.75) is 6.92 Å². The molecule has 0 aliphatic carbocycles. The van der Waals surface area contributed by atoms with Gasteiger partial charge in [-0.1, -0.05) is 30.3 Å². The van der Waals surface area contributed by atoms with Gasteiger partial charge in [0.25, 0.3) is 0 Å². The minimum absolute atomic E-state index is 0.737. The number of hydrogen-bond donors (Lipinski definition) is 1. The first kappa shape index (κ1) is 9.90. The summed E-state index contributed by atoms with van der Waals surface area (Å²) in [7, 11) is 0. The van der Waals surface area contributed by atoms with Crippen LogP contribution in [0.2, 0.25) is 0 Å². The SMILES string of the molecule is Cc1nn(-c2ccccc2N)c2ccccc12. The van der Waals surface area contributed by atoms with Crippen LogP contribution in [0.25, 0.3) is 16.6 Å². The van der Waals surface area contributed by atoms with Crippen molar-refractivity contribution in [3.05, 3.63) is 54.2 Å². The molecule has 1 heterocycles. The van der Waals surface area contributed by atoms with E-state index < -0.39 is 0 Å². The Labute approximate surface area is 99.5 Å². The molecule has 0 aliphatic rings. The van der Waals surface area contributed by atoms with Crippen LogP contribution >= 0.6 is 0 Å². The summed E-state index contributed by atoms with van der Waals surface area (Å²) in [6.07, 6.45) is 0. The lowest BCUT2D eigenvalue weighted by molar-refractivity contribution is 0.891. The van der Waals surface area contributed by atoms with Crippen molar-refractivity contribution in [3.63, 3.8) is 0 Å². The van der Waals surface area contributed by atoms with Crippen molar-refractivity contribution in [2.75, 3.05) is 5.73 Å². The van der Waals surface area contributed by atoms with Crippen molar-refractivity contribution in [2.24, 2.45) is 0 Å². The number of anilines is 1. The van der Waals surface area contributed by atoms with Crippen molar-refractivity contribution in [1.82, 2.24) is 9.78 Å². The molecule has 0 unspecified atom stereocenters. The highest BCUT2D eigenvalue weighted by atomic mass is 15.3. The van der Waals surface area contributed by atoms with Crippen LogP contribution in [0.5, 0.6) is 0 Å². The standard InChI is InChI=1S/C14H13N3/c1-10-11-6-2-4-8-13(11)17(16-10)14-9-5-3-7-12(14)15/h2-9H,15H2,1H3. The molecular formula is C14H13N3. The van der Waals surface area contributed by atoms with E-state index in [-0.39, 0.29) is 0 Å². The van der Waals surface area contributed by atoms with Gasteiger partial charge < -0.3 is 5.73 Å². The summed E-state index contributed by atoms with van der Waals surface area (Å²) >= 11 is 0. The highest BCUT2D eigenvalue weighted by molar-refractivity contribution is 5.84. The number of nitrogens with zero attached hydrogens (tertiary/aromatic N) is 2. The summed E-state index contributed by atoms with van der Waals surface area (Å²) in [6, 6.07) is 15.9. The van der Waals surface area contributed by atoms with Gasteiger partial charge in [0, 0.05) is 5.39 Å². The minimum atomic E-state index is 0.737. The number of aromatic nitrogens is 2. The van der Waals surface area contributed by atoms with Crippen LogP contribution in [0.15, 0.2) is 48.5 Å². The molecule has 1 aromatic heterocycles. The van der Waals surface area contributed by atoms with Crippen molar-refractivity contribution < 1.29 is 0 Å². The number of nitrogen functional groups attached to an aromatic ring is 1. The van der Waals surface area contributed by atoms with E-state index in [0.717, 1.165) is 28.0 Å². The van der Waals surface area contributed by atoms with Gasteiger partial charge in [0.1, 0.15) is 0 Å². The molecule has 2 aromatic carbocycles. The first-order valence-corrected chi connectivity index (χ1v) is 5.56. The molecule has 17 heavy (non-hydrogen) atoms. The fourth-order valence-corrected chi connectivity index (χ4v) is 2.09. The molecule has 3 nitrogen and oxygen atoms in total. The second-order valence-corrected chi connectivity index (χ2v) is 4.07. The van der Waals surface area contributed by atoms with E-state index in [4.69, 9.17) is 5.73 Å². The van der Waals surface area contributed by atoms with E-state index in [2.05, 4.69) is 17.2 Å². The smallest absolute Gasteiger partial charge is 0.0882 e. The Balaban J connectivity index is 2.35. The van der Waals surface area contributed by atoms with Gasteiger partial charge in [-0.05, 0) is 25.1 Å². The van der Waals surface area contributed by atoms with Gasteiger partial charge in [0.05, 0.1) is 22.6 Å². The summed E-state index contributed by atoms with van der Waals surface area (Å²) in [4.78, 5) is 0. The Morgan fingerprint density at radius 3 is 2.53 bits per heavy atom. The quantitative estimate of drug-likeness (QED) is 0.644. The third-order valence-corrected chi connectivity index (χ3v) is 2.94. The fraction of sp³-hybridized carbons (Fsp3) is 0.0714. The lowest BCUT2D eigenvalue weighted by Gasteiger charge is -2.06. The maximum absolute atomic E-state index is 5.99. The molecule has 0 aliphatic heterocycles. The Morgan fingerprint density at radius 1 is 1.00 bits per heavy atom. The van der Waals surface area contributed by atoms with E-state index in [1.807, 2.05) is 48.0 Å². The summed E-state index contributed by atoms with van der Waals surface area (Å²) in [6.45, 7) is 2.01. The number of benzene rings is 2. The van der Waals surface area contributed by atoms with Gasteiger partial charge >= 0.3 is 0 Å². The van der Waals surface area contributed by atoms with Crippen LogP contribution in [0.4, 0.5) is 5.69 Å². The summed E-state index contributed by atoms with van der Waals surface area (Å²) in [5.41, 5.74) is 9.76. The average molecular weight is 223 g/mol. The normalized spacial score (nSPS) is 10.9. The minimum Gasteiger partial charge on any atom is -0.397 e. The van der Waals surface area contributed by atoms with E-state index in [1.54, 1.807) is 0 Å². The maximum Gasteiger partial charge on any atom is 0.0882 e. The highest BCUT2D eigenvalue weighted by Crippen LogP contribution is 2.24. The molecule has 0 spiro atoms. The summed E-state index contributed by atoms with van der Waals surface area (Å²) in [5.74, 6) is 0. The average Bonchev–Trinajstić information content (AvgIpc) is 2.68. The molecule has 0 saturated heterocycles. The van der Waals surface area contributed by atoms with Crippen LogP contribution in [0.1, 0.15) is 5.69 Å². The zero-order chi connectivity index (χ0) is 11.8. The summed E-state index contributed by atoms with van der Waals surface area (Å²) < 4.78 is 1.90. The largest absolute Gasteiger partial charge is 0.397 e. The van der Waals surface area contributed by atoms with Crippen molar-refractivity contribution in [3.8, 4) is 5.69 Å². The topological polar surface area (TPSA) is 43.8 Å². The predicted octanol–water partition coefficient (Wildman–Crippen LogP) is 2.92. The maximum atomic E-state index is 5.99. The number of hydrogen-bond acceptors (Lipinski definition) is 2. The van der Waals surface area contributed by atoms with Gasteiger partial charge in [-0.15, -0.1) is 0 Å². The van der Waals surface area contributed by atoms with Crippen LogP contribution < -0.4 is 5.73 Å². The van der Waals surface area contributed by atoms with Crippen molar-refractivity contribution in [1.29, 1.82) is 0 Å². The van der Waals surface area contributed by atoms with Crippen LogP contribution in [0.3, 0.4) is 0 Å². The molecule has 0 amide bonds. The van der Waals surface area contributed by atoms with Crippen LogP contribution in [0, 0.1) is 6.92 Å². The molecule has 0 atom stereocenters. The number of rotatable bonds is 1. The first-order chi connectivity index (χ1) is 8.27. The fourth-order valence-electron chi connectivity index (χ4n) is 2.09. The zero-order valence-corrected chi connectivity index (χ0v) is 9.59. The molecular weight excluding hydrogens is 210 g/mol. The Hall–Kier alpha value is -2.29. The van der Waals surface area contributed by atoms with E-state index >= 15 is 0 Å². The number of nitrogens with two attached hydrogens (primary N) is 1. The molecule has 0 radical (unpaired) electrons. The molecule has 0 fully saturated rings. The van der Waals surface area contributed by atoms with Crippen molar-refractivity contribution >= 4 is 16.6 Å². The van der Waals surface area contributed by atoms with Crippen LogP contribution in [-0.2, 0) is 0 Å². The molecule has 3 rings (SSSR count). The molecule has 3 aromatic rings. The number of aryl methyl sites for hydroxylation is 1. The van der Waals surface area contributed by atoms with Crippen LogP contribution in [-0.4, -0.2) is 9.78 Å². The second kappa shape index (κ2) is 3.63. The molecule has 0 saturated carbocycles. The lowest BCUT2D eigenvalue weighted by Crippen LogP contribution is -2.00. The Morgan fingerprint density at radius 2 is 1.71 bits per heavy atom. The molecule has 84 valence electrons. The van der Waals surface area contributed by atoms with Gasteiger partial charge in [0.2, 0.25) is 0 Å². The Bertz CT molecular complexity index is 683. The van der Waals surface area contributed by atoms with Gasteiger partial charge in [0.15, 0.2) is 0 Å². The molecule has 3 heteroatoms. The highest BCUT2D eigenvalue weighted by Gasteiger charge is 2.09. The molecule has 0 bridgehead atoms. The summed E-state index contributed by atoms with van der Waals surface area (Å²) in [5, 5.41) is 5.72. The molecule has 2 N–H and O–H groups in total. The monoisotopic (exact) mass is 223 g/mol. The van der Waals surface area contributed by atoms with E-state index in [1.165, 1.54) is 0 Å². The first-order valence-electron chi connectivity index (χ1n) is 5.56. The zero-order valence-electron chi connectivity index (χ0n) is 9.59. The number of fused-ring (bicyclic) bond motifs is 1. The van der Waals surface area contributed by atoms with Gasteiger partial charge in [-0.25, -0.2) is 4.68 Å². The predicted molar refractivity (Wildman–Crippen MR) is 70.2 cm³/mol. The third-order valence-electron chi connectivity index (χ3n) is 2.94. The number of para-hydroxylation sites is 3. The second-order valence-electron chi connectivity index (χ2n) is 4.07. The van der Waals surface area contributed by atoms with E-state index in [9.17, 15) is 0 Å².